The number of aromatic nitrogens is 1. The van der Waals surface area contributed by atoms with E-state index in [-0.39, 0.29) is 11.7 Å². The molecule has 1 aromatic heterocycles. The van der Waals surface area contributed by atoms with E-state index >= 15 is 0 Å². The Labute approximate surface area is 116 Å². The molecule has 0 radical (unpaired) electrons. The van der Waals surface area contributed by atoms with E-state index in [1.165, 1.54) is 17.4 Å². The molecule has 100 valence electrons. The van der Waals surface area contributed by atoms with Crippen molar-refractivity contribution in [1.82, 2.24) is 10.3 Å². The Balaban J connectivity index is 2.21. The van der Waals surface area contributed by atoms with E-state index < -0.39 is 5.54 Å². The van der Waals surface area contributed by atoms with Crippen molar-refractivity contribution >= 4 is 17.2 Å². The number of carbonyl (C=O) groups is 1. The van der Waals surface area contributed by atoms with Gasteiger partial charge in [-0.1, -0.05) is 0 Å². The molecule has 2 rings (SSSR count). The second-order valence-corrected chi connectivity index (χ2v) is 5.81. The van der Waals surface area contributed by atoms with Gasteiger partial charge in [-0.05, 0) is 44.5 Å². The second kappa shape index (κ2) is 5.01. The Morgan fingerprint density at radius 3 is 2.74 bits per heavy atom. The van der Waals surface area contributed by atoms with Crippen LogP contribution in [0.25, 0.3) is 0 Å². The minimum Gasteiger partial charge on any atom is -0.508 e. The number of thiazole rings is 1. The van der Waals surface area contributed by atoms with Crippen LogP contribution in [0.1, 0.15) is 34.8 Å². The molecule has 0 aliphatic carbocycles. The van der Waals surface area contributed by atoms with Gasteiger partial charge in [0.05, 0.1) is 5.54 Å². The predicted octanol–water partition coefficient (Wildman–Crippen LogP) is 2.82. The van der Waals surface area contributed by atoms with Gasteiger partial charge in [-0.15, -0.1) is 11.3 Å². The van der Waals surface area contributed by atoms with Crippen molar-refractivity contribution in [2.75, 3.05) is 0 Å². The molecule has 2 aromatic rings. The fourth-order valence-corrected chi connectivity index (χ4v) is 2.56. The number of aryl methyl sites for hydroxylation is 1. The molecule has 19 heavy (non-hydrogen) atoms. The maximum atomic E-state index is 12.3. The Bertz CT molecular complexity index is 591. The van der Waals surface area contributed by atoms with E-state index in [0.717, 1.165) is 10.6 Å². The minimum atomic E-state index is -0.518. The van der Waals surface area contributed by atoms with Gasteiger partial charge in [-0.25, -0.2) is 4.98 Å². The number of rotatable bonds is 3. The van der Waals surface area contributed by atoms with E-state index in [2.05, 4.69) is 10.3 Å². The largest absolute Gasteiger partial charge is 0.508 e. The highest BCUT2D eigenvalue weighted by Crippen LogP contribution is 2.23. The molecule has 0 atom stereocenters. The zero-order valence-electron chi connectivity index (χ0n) is 11.1. The number of phenols is 1. The van der Waals surface area contributed by atoms with E-state index in [9.17, 15) is 9.90 Å². The first kappa shape index (κ1) is 13.5. The van der Waals surface area contributed by atoms with Crippen molar-refractivity contribution in [3.8, 4) is 5.75 Å². The molecule has 0 bridgehead atoms. The van der Waals surface area contributed by atoms with Gasteiger partial charge in [0, 0.05) is 17.1 Å². The topological polar surface area (TPSA) is 62.2 Å². The highest BCUT2D eigenvalue weighted by Gasteiger charge is 2.26. The number of nitrogens with one attached hydrogen (secondary N) is 1. The van der Waals surface area contributed by atoms with Crippen LogP contribution >= 0.6 is 11.3 Å². The molecule has 0 saturated carbocycles. The van der Waals surface area contributed by atoms with Crippen LogP contribution in [0.2, 0.25) is 0 Å². The normalized spacial score (nSPS) is 11.3. The van der Waals surface area contributed by atoms with Gasteiger partial charge in [-0.3, -0.25) is 4.79 Å². The van der Waals surface area contributed by atoms with E-state index in [1.807, 2.05) is 19.2 Å². The van der Waals surface area contributed by atoms with Crippen molar-refractivity contribution in [2.45, 2.75) is 26.3 Å². The van der Waals surface area contributed by atoms with Crippen LogP contribution in [0, 0.1) is 6.92 Å². The first-order chi connectivity index (χ1) is 8.90. The Kier molecular flexibility index (Phi) is 3.57. The van der Waals surface area contributed by atoms with Crippen molar-refractivity contribution in [3.63, 3.8) is 0 Å². The summed E-state index contributed by atoms with van der Waals surface area (Å²) in [5, 5.41) is 15.1. The van der Waals surface area contributed by atoms with Gasteiger partial charge in [0.1, 0.15) is 10.8 Å². The lowest BCUT2D eigenvalue weighted by Crippen LogP contribution is -2.41. The Morgan fingerprint density at radius 1 is 1.42 bits per heavy atom. The Hall–Kier alpha value is -1.88. The van der Waals surface area contributed by atoms with Crippen molar-refractivity contribution in [2.24, 2.45) is 0 Å². The molecule has 1 heterocycles. The Morgan fingerprint density at radius 2 is 2.16 bits per heavy atom. The van der Waals surface area contributed by atoms with Crippen molar-refractivity contribution in [3.05, 3.63) is 45.9 Å². The molecule has 4 nitrogen and oxygen atoms in total. The first-order valence-electron chi connectivity index (χ1n) is 5.92. The third-order valence-corrected chi connectivity index (χ3v) is 3.94. The van der Waals surface area contributed by atoms with Crippen LogP contribution in [0.4, 0.5) is 0 Å². The number of carbonyl (C=O) groups excluding carboxylic acids is 1. The number of hydrogen-bond donors (Lipinski definition) is 2. The standard InChI is InChI=1S/C14H16N2O2S/c1-9-8-10(17)4-5-11(9)12(18)16-14(2,3)13-15-6-7-19-13/h4-8,17H,1-3H3,(H,16,18). The molecule has 5 heteroatoms. The zero-order chi connectivity index (χ0) is 14.0. The molecule has 0 fully saturated rings. The lowest BCUT2D eigenvalue weighted by molar-refractivity contribution is 0.0911. The molecule has 0 unspecified atom stereocenters. The maximum absolute atomic E-state index is 12.3. The summed E-state index contributed by atoms with van der Waals surface area (Å²) in [4.78, 5) is 16.5. The van der Waals surface area contributed by atoms with Crippen molar-refractivity contribution in [1.29, 1.82) is 0 Å². The monoisotopic (exact) mass is 276 g/mol. The number of benzene rings is 1. The van der Waals surface area contributed by atoms with Gasteiger partial charge in [0.15, 0.2) is 0 Å². The number of aromatic hydroxyl groups is 1. The van der Waals surface area contributed by atoms with Crippen LogP contribution in [0.3, 0.4) is 0 Å². The van der Waals surface area contributed by atoms with Gasteiger partial charge in [-0.2, -0.15) is 0 Å². The average Bonchev–Trinajstić information content (AvgIpc) is 2.81. The summed E-state index contributed by atoms with van der Waals surface area (Å²) < 4.78 is 0. The maximum Gasteiger partial charge on any atom is 0.252 e. The third kappa shape index (κ3) is 2.93. The quantitative estimate of drug-likeness (QED) is 0.906. The fourth-order valence-electron chi connectivity index (χ4n) is 1.84. The fraction of sp³-hybridized carbons (Fsp3) is 0.286. The summed E-state index contributed by atoms with van der Waals surface area (Å²) in [5.74, 6) is -0.00839. The molecular formula is C14H16N2O2S. The summed E-state index contributed by atoms with van der Waals surface area (Å²) >= 11 is 1.51. The number of amides is 1. The van der Waals surface area contributed by atoms with E-state index in [4.69, 9.17) is 0 Å². The summed E-state index contributed by atoms with van der Waals surface area (Å²) in [6, 6.07) is 4.71. The number of hydrogen-bond acceptors (Lipinski definition) is 4. The molecule has 2 N–H and O–H groups in total. The van der Waals surface area contributed by atoms with Gasteiger partial charge in [0.2, 0.25) is 0 Å². The van der Waals surface area contributed by atoms with Gasteiger partial charge < -0.3 is 10.4 Å². The van der Waals surface area contributed by atoms with Crippen LogP contribution in [-0.2, 0) is 5.54 Å². The predicted molar refractivity (Wildman–Crippen MR) is 75.5 cm³/mol. The average molecular weight is 276 g/mol. The smallest absolute Gasteiger partial charge is 0.252 e. The number of phenolic OH excluding ortho intramolecular Hbond substituents is 1. The molecule has 1 amide bonds. The molecule has 0 aliphatic rings. The van der Waals surface area contributed by atoms with E-state index in [0.29, 0.717) is 5.56 Å². The molecular weight excluding hydrogens is 260 g/mol. The van der Waals surface area contributed by atoms with Crippen LogP contribution in [0.15, 0.2) is 29.8 Å². The number of nitrogens with zero attached hydrogens (tertiary/aromatic N) is 1. The minimum absolute atomic E-state index is 0.160. The molecule has 0 spiro atoms. The van der Waals surface area contributed by atoms with Crippen LogP contribution in [-0.4, -0.2) is 16.0 Å². The summed E-state index contributed by atoms with van der Waals surface area (Å²) in [7, 11) is 0. The molecule has 0 aliphatic heterocycles. The van der Waals surface area contributed by atoms with Crippen LogP contribution < -0.4 is 5.32 Å². The highest BCUT2D eigenvalue weighted by molar-refractivity contribution is 7.09. The zero-order valence-corrected chi connectivity index (χ0v) is 11.9. The van der Waals surface area contributed by atoms with Gasteiger partial charge in [0.25, 0.3) is 5.91 Å². The summed E-state index contributed by atoms with van der Waals surface area (Å²) in [6.07, 6.45) is 1.72. The van der Waals surface area contributed by atoms with Gasteiger partial charge >= 0.3 is 0 Å². The summed E-state index contributed by atoms with van der Waals surface area (Å²) in [5.41, 5.74) is 0.783. The van der Waals surface area contributed by atoms with Crippen molar-refractivity contribution < 1.29 is 9.90 Å². The lowest BCUT2D eigenvalue weighted by atomic mass is 10.0. The van der Waals surface area contributed by atoms with Crippen LogP contribution in [0.5, 0.6) is 5.75 Å². The summed E-state index contributed by atoms with van der Waals surface area (Å²) in [6.45, 7) is 5.63. The molecule has 1 aromatic carbocycles. The first-order valence-corrected chi connectivity index (χ1v) is 6.80. The third-order valence-electron chi connectivity index (χ3n) is 2.85. The molecule has 0 saturated heterocycles. The lowest BCUT2D eigenvalue weighted by Gasteiger charge is -2.24. The second-order valence-electron chi connectivity index (χ2n) is 4.92. The highest BCUT2D eigenvalue weighted by atomic mass is 32.1. The SMILES string of the molecule is Cc1cc(O)ccc1C(=O)NC(C)(C)c1nccs1. The van der Waals surface area contributed by atoms with E-state index in [1.54, 1.807) is 25.3 Å².